The third kappa shape index (κ3) is 3.13. The number of rotatable bonds is 3. The minimum absolute atomic E-state index is 0.145. The number of aromatic nitrogens is 1. The molecule has 0 unspecified atom stereocenters. The predicted octanol–water partition coefficient (Wildman–Crippen LogP) is 6.18. The van der Waals surface area contributed by atoms with Crippen LogP contribution in [-0.2, 0) is 0 Å². The molecule has 1 heterocycles. The second-order valence-electron chi connectivity index (χ2n) is 6.46. The van der Waals surface area contributed by atoms with Crippen LogP contribution >= 0.6 is 23.2 Å². The highest BCUT2D eigenvalue weighted by Crippen LogP contribution is 2.29. The van der Waals surface area contributed by atoms with E-state index < -0.39 is 0 Å². The van der Waals surface area contributed by atoms with Gasteiger partial charge in [0.15, 0.2) is 5.78 Å². The van der Waals surface area contributed by atoms with Gasteiger partial charge in [0.2, 0.25) is 0 Å². The van der Waals surface area contributed by atoms with Crippen LogP contribution in [0.4, 0.5) is 0 Å². The number of hydrogen-bond acceptors (Lipinski definition) is 2. The molecule has 0 aliphatic carbocycles. The van der Waals surface area contributed by atoms with Crippen molar-refractivity contribution in [3.63, 3.8) is 0 Å². The van der Waals surface area contributed by atoms with Crippen molar-refractivity contribution in [1.29, 1.82) is 0 Å². The first kappa shape index (κ1) is 18.5. The average Bonchev–Trinajstić information content (AvgIpc) is 3.00. The predicted molar refractivity (Wildman–Crippen MR) is 113 cm³/mol. The molecule has 0 amide bonds. The Kier molecular flexibility index (Phi) is 4.80. The van der Waals surface area contributed by atoms with Crippen molar-refractivity contribution < 1.29 is 9.59 Å². The number of carbonyl (C=O) groups is 2. The van der Waals surface area contributed by atoms with E-state index in [0.29, 0.717) is 37.9 Å². The van der Waals surface area contributed by atoms with Gasteiger partial charge in [-0.3, -0.25) is 14.2 Å². The summed E-state index contributed by atoms with van der Waals surface area (Å²) in [6.45, 7) is 1.79. The number of ketones is 1. The number of fused-ring (bicyclic) bond motifs is 1. The van der Waals surface area contributed by atoms with Gasteiger partial charge >= 0.3 is 0 Å². The fourth-order valence-electron chi connectivity index (χ4n) is 3.38. The van der Waals surface area contributed by atoms with E-state index in [1.807, 2.05) is 24.3 Å². The topological polar surface area (TPSA) is 39.1 Å². The first-order chi connectivity index (χ1) is 13.5. The zero-order chi connectivity index (χ0) is 19.8. The van der Waals surface area contributed by atoms with Crippen LogP contribution < -0.4 is 0 Å². The van der Waals surface area contributed by atoms with E-state index in [-0.39, 0.29) is 11.7 Å². The second kappa shape index (κ2) is 7.27. The highest BCUT2D eigenvalue weighted by atomic mass is 35.5. The standard InChI is InChI=1S/C23H15Cl2NO2/c1-14-21(22(27)15-6-10-17(24)11-7-15)19-4-2-3-5-20(19)26(14)23(28)16-8-12-18(25)13-9-16/h2-13H,1H3. The van der Waals surface area contributed by atoms with Gasteiger partial charge in [-0.1, -0.05) is 41.4 Å². The molecule has 0 atom stereocenters. The molecule has 28 heavy (non-hydrogen) atoms. The molecule has 0 spiro atoms. The Morgan fingerprint density at radius 2 is 1.29 bits per heavy atom. The molecule has 0 bridgehead atoms. The molecule has 0 fully saturated rings. The van der Waals surface area contributed by atoms with E-state index in [4.69, 9.17) is 23.2 Å². The number of nitrogens with zero attached hydrogens (tertiary/aromatic N) is 1. The first-order valence-electron chi connectivity index (χ1n) is 8.68. The smallest absolute Gasteiger partial charge is 0.262 e. The summed E-state index contributed by atoms with van der Waals surface area (Å²) in [7, 11) is 0. The molecule has 0 aliphatic rings. The number of benzene rings is 3. The van der Waals surface area contributed by atoms with Crippen molar-refractivity contribution in [2.45, 2.75) is 6.92 Å². The first-order valence-corrected chi connectivity index (χ1v) is 9.43. The molecule has 138 valence electrons. The van der Waals surface area contributed by atoms with E-state index in [9.17, 15) is 9.59 Å². The average molecular weight is 408 g/mol. The Labute approximate surface area is 172 Å². The third-order valence-corrected chi connectivity index (χ3v) is 5.24. The zero-order valence-electron chi connectivity index (χ0n) is 14.9. The minimum Gasteiger partial charge on any atom is -0.289 e. The normalized spacial score (nSPS) is 11.0. The summed E-state index contributed by atoms with van der Waals surface area (Å²) in [6.07, 6.45) is 0. The van der Waals surface area contributed by atoms with Gasteiger partial charge in [0.25, 0.3) is 5.91 Å². The molecule has 4 aromatic rings. The van der Waals surface area contributed by atoms with Gasteiger partial charge in [0.05, 0.1) is 11.1 Å². The van der Waals surface area contributed by atoms with Crippen molar-refractivity contribution in [1.82, 2.24) is 4.57 Å². The molecule has 3 aromatic carbocycles. The Morgan fingerprint density at radius 1 is 0.750 bits per heavy atom. The van der Waals surface area contributed by atoms with E-state index in [2.05, 4.69) is 0 Å². The fourth-order valence-corrected chi connectivity index (χ4v) is 3.63. The van der Waals surface area contributed by atoms with Crippen LogP contribution in [-0.4, -0.2) is 16.3 Å². The van der Waals surface area contributed by atoms with E-state index >= 15 is 0 Å². The monoisotopic (exact) mass is 407 g/mol. The van der Waals surface area contributed by atoms with Crippen LogP contribution in [0.2, 0.25) is 10.0 Å². The summed E-state index contributed by atoms with van der Waals surface area (Å²) in [5.41, 5.74) is 2.83. The third-order valence-electron chi connectivity index (χ3n) is 4.74. The highest BCUT2D eigenvalue weighted by molar-refractivity contribution is 6.31. The van der Waals surface area contributed by atoms with Crippen molar-refractivity contribution in [3.8, 4) is 0 Å². The number of halogens is 2. The number of carbonyl (C=O) groups excluding carboxylic acids is 2. The Bertz CT molecular complexity index is 1110. The van der Waals surface area contributed by atoms with Gasteiger partial charge in [0, 0.05) is 32.3 Å². The second-order valence-corrected chi connectivity index (χ2v) is 7.33. The van der Waals surface area contributed by atoms with Crippen LogP contribution in [0.1, 0.15) is 32.0 Å². The summed E-state index contributed by atoms with van der Waals surface area (Å²) < 4.78 is 1.59. The van der Waals surface area contributed by atoms with Crippen LogP contribution in [0.5, 0.6) is 0 Å². The molecule has 0 saturated carbocycles. The molecule has 5 heteroatoms. The van der Waals surface area contributed by atoms with Crippen molar-refractivity contribution in [2.75, 3.05) is 0 Å². The SMILES string of the molecule is Cc1c(C(=O)c2ccc(Cl)cc2)c2ccccc2n1C(=O)c1ccc(Cl)cc1. The summed E-state index contributed by atoms with van der Waals surface area (Å²) >= 11 is 11.9. The van der Waals surface area contributed by atoms with Crippen molar-refractivity contribution in [3.05, 3.63) is 105 Å². The summed E-state index contributed by atoms with van der Waals surface area (Å²) in [4.78, 5) is 26.4. The summed E-state index contributed by atoms with van der Waals surface area (Å²) in [6, 6.07) is 20.9. The molecule has 0 saturated heterocycles. The quantitative estimate of drug-likeness (QED) is 0.380. The Balaban J connectivity index is 1.91. The maximum absolute atomic E-state index is 13.2. The maximum atomic E-state index is 13.2. The molecule has 0 aliphatic heterocycles. The molecule has 3 nitrogen and oxygen atoms in total. The van der Waals surface area contributed by atoms with Crippen molar-refractivity contribution >= 4 is 45.8 Å². The fraction of sp³-hybridized carbons (Fsp3) is 0.0435. The van der Waals surface area contributed by atoms with Crippen LogP contribution in [0.15, 0.2) is 72.8 Å². The van der Waals surface area contributed by atoms with Gasteiger partial charge in [-0.25, -0.2) is 0 Å². The molecular formula is C23H15Cl2NO2. The van der Waals surface area contributed by atoms with E-state index in [1.165, 1.54) is 0 Å². The van der Waals surface area contributed by atoms with Crippen LogP contribution in [0.3, 0.4) is 0 Å². The lowest BCUT2D eigenvalue weighted by molar-refractivity contribution is 0.0963. The molecule has 1 aromatic heterocycles. The minimum atomic E-state index is -0.208. The van der Waals surface area contributed by atoms with E-state index in [1.54, 1.807) is 60.0 Å². The van der Waals surface area contributed by atoms with Crippen LogP contribution in [0.25, 0.3) is 10.9 Å². The highest BCUT2D eigenvalue weighted by Gasteiger charge is 2.24. The number of para-hydroxylation sites is 1. The summed E-state index contributed by atoms with van der Waals surface area (Å²) in [5, 5.41) is 1.86. The van der Waals surface area contributed by atoms with Gasteiger partial charge < -0.3 is 0 Å². The lowest BCUT2D eigenvalue weighted by atomic mass is 10.0. The lowest BCUT2D eigenvalue weighted by Crippen LogP contribution is -2.14. The number of hydrogen-bond donors (Lipinski definition) is 0. The lowest BCUT2D eigenvalue weighted by Gasteiger charge is -2.08. The summed E-state index contributed by atoms with van der Waals surface area (Å²) in [5.74, 6) is -0.353. The molecular weight excluding hydrogens is 393 g/mol. The van der Waals surface area contributed by atoms with E-state index in [0.717, 1.165) is 5.39 Å². The Hall–Kier alpha value is -2.88. The molecule has 4 rings (SSSR count). The van der Waals surface area contributed by atoms with Gasteiger partial charge in [0.1, 0.15) is 0 Å². The maximum Gasteiger partial charge on any atom is 0.262 e. The van der Waals surface area contributed by atoms with Crippen LogP contribution in [0, 0.1) is 6.92 Å². The molecule has 0 radical (unpaired) electrons. The van der Waals surface area contributed by atoms with Gasteiger partial charge in [-0.2, -0.15) is 0 Å². The van der Waals surface area contributed by atoms with Crippen molar-refractivity contribution in [2.24, 2.45) is 0 Å². The zero-order valence-corrected chi connectivity index (χ0v) is 16.5. The largest absolute Gasteiger partial charge is 0.289 e. The van der Waals surface area contributed by atoms with Gasteiger partial charge in [-0.15, -0.1) is 0 Å². The van der Waals surface area contributed by atoms with Gasteiger partial charge in [-0.05, 0) is 61.5 Å². The molecule has 0 N–H and O–H groups in total. The Morgan fingerprint density at radius 3 is 1.89 bits per heavy atom.